The zero-order valence-electron chi connectivity index (χ0n) is 16.6. The minimum absolute atomic E-state index is 0.142. The van der Waals surface area contributed by atoms with E-state index in [2.05, 4.69) is 34.5 Å². The highest BCUT2D eigenvalue weighted by atomic mass is 32.2. The van der Waals surface area contributed by atoms with Crippen LogP contribution in [0.4, 0.5) is 4.39 Å². The molecule has 0 spiro atoms. The Labute approximate surface area is 179 Å². The fourth-order valence-corrected chi connectivity index (χ4v) is 4.25. The Morgan fingerprint density at radius 3 is 2.37 bits per heavy atom. The maximum Gasteiger partial charge on any atom is 0.233 e. The lowest BCUT2D eigenvalue weighted by atomic mass is 10.1. The third-order valence-electron chi connectivity index (χ3n) is 5.24. The topological polar surface area (TPSA) is 50.5 Å². The Bertz CT molecular complexity index is 959. The van der Waals surface area contributed by atoms with E-state index in [1.165, 1.54) is 34.4 Å². The van der Waals surface area contributed by atoms with Crippen LogP contribution >= 0.6 is 11.8 Å². The third-order valence-corrected chi connectivity index (χ3v) is 6.15. The Balaban J connectivity index is 1.23. The fraction of sp³-hybridized carbons (Fsp3) is 0.261. The van der Waals surface area contributed by atoms with E-state index >= 15 is 0 Å². The van der Waals surface area contributed by atoms with Gasteiger partial charge < -0.3 is 9.80 Å². The van der Waals surface area contributed by atoms with Gasteiger partial charge in [0.15, 0.2) is 0 Å². The molecular weight excluding hydrogens is 399 g/mol. The van der Waals surface area contributed by atoms with Gasteiger partial charge in [0.25, 0.3) is 0 Å². The first-order chi connectivity index (χ1) is 14.7. The number of aromatic nitrogens is 2. The van der Waals surface area contributed by atoms with Crippen molar-refractivity contribution in [2.75, 3.05) is 31.9 Å². The molecule has 30 heavy (non-hydrogen) atoms. The summed E-state index contributed by atoms with van der Waals surface area (Å²) in [6.07, 6.45) is 0. The van der Waals surface area contributed by atoms with Crippen molar-refractivity contribution < 1.29 is 14.1 Å². The molecule has 1 aromatic heterocycles. The van der Waals surface area contributed by atoms with Crippen LogP contribution in [-0.4, -0.2) is 52.9 Å². The summed E-state index contributed by atoms with van der Waals surface area (Å²) in [4.78, 5) is 16.0. The number of quaternary nitrogens is 1. The van der Waals surface area contributed by atoms with E-state index in [0.29, 0.717) is 16.5 Å². The predicted molar refractivity (Wildman–Crippen MR) is 116 cm³/mol. The van der Waals surface area contributed by atoms with Gasteiger partial charge in [-0.3, -0.25) is 4.79 Å². The van der Waals surface area contributed by atoms with Gasteiger partial charge in [-0.25, -0.2) is 4.39 Å². The zero-order chi connectivity index (χ0) is 20.8. The van der Waals surface area contributed by atoms with Crippen molar-refractivity contribution in [3.63, 3.8) is 0 Å². The number of amides is 1. The second-order valence-electron chi connectivity index (χ2n) is 7.35. The minimum atomic E-state index is -0.278. The summed E-state index contributed by atoms with van der Waals surface area (Å²) < 4.78 is 13.0. The summed E-state index contributed by atoms with van der Waals surface area (Å²) in [6.45, 7) is 4.52. The molecule has 1 amide bonds. The van der Waals surface area contributed by atoms with Crippen LogP contribution < -0.4 is 4.90 Å². The van der Waals surface area contributed by atoms with Gasteiger partial charge in [-0.15, -0.1) is 10.2 Å². The lowest BCUT2D eigenvalue weighted by Crippen LogP contribution is -3.13. The van der Waals surface area contributed by atoms with Crippen molar-refractivity contribution in [1.29, 1.82) is 0 Å². The molecular formula is C23H24FN4OS+. The van der Waals surface area contributed by atoms with Gasteiger partial charge in [0.1, 0.15) is 17.4 Å². The van der Waals surface area contributed by atoms with E-state index in [0.717, 1.165) is 38.3 Å². The molecule has 3 aromatic rings. The number of hydrogen-bond donors (Lipinski definition) is 1. The third kappa shape index (κ3) is 5.43. The molecule has 0 radical (unpaired) electrons. The molecule has 5 nitrogen and oxygen atoms in total. The lowest BCUT2D eigenvalue weighted by Gasteiger charge is -2.32. The molecule has 4 rings (SSSR count). The molecule has 2 aromatic carbocycles. The van der Waals surface area contributed by atoms with E-state index in [1.807, 2.05) is 23.1 Å². The molecule has 1 aliphatic rings. The number of thioether (sulfide) groups is 1. The second-order valence-corrected chi connectivity index (χ2v) is 8.34. The minimum Gasteiger partial charge on any atom is -0.331 e. The predicted octanol–water partition coefficient (Wildman–Crippen LogP) is 2.30. The second kappa shape index (κ2) is 9.82. The van der Waals surface area contributed by atoms with E-state index in [-0.39, 0.29) is 11.7 Å². The quantitative estimate of drug-likeness (QED) is 0.618. The van der Waals surface area contributed by atoms with Gasteiger partial charge in [-0.05, 0) is 36.4 Å². The molecule has 0 saturated carbocycles. The van der Waals surface area contributed by atoms with Crippen LogP contribution in [0, 0.1) is 5.82 Å². The van der Waals surface area contributed by atoms with Gasteiger partial charge in [-0.1, -0.05) is 42.1 Å². The first kappa shape index (κ1) is 20.5. The van der Waals surface area contributed by atoms with E-state index in [4.69, 9.17) is 0 Å². The van der Waals surface area contributed by atoms with Crippen molar-refractivity contribution in [3.8, 4) is 11.3 Å². The van der Waals surface area contributed by atoms with Crippen LogP contribution in [0.3, 0.4) is 0 Å². The highest BCUT2D eigenvalue weighted by Gasteiger charge is 2.23. The normalized spacial score (nSPS) is 14.6. The molecule has 0 atom stereocenters. The first-order valence-corrected chi connectivity index (χ1v) is 11.0. The number of carbonyl (C=O) groups is 1. The lowest BCUT2D eigenvalue weighted by molar-refractivity contribution is -0.917. The average molecular weight is 424 g/mol. The summed E-state index contributed by atoms with van der Waals surface area (Å²) in [5, 5.41) is 9.11. The maximum absolute atomic E-state index is 13.0. The van der Waals surface area contributed by atoms with Crippen molar-refractivity contribution in [3.05, 3.63) is 78.1 Å². The van der Waals surface area contributed by atoms with Gasteiger partial charge in [0, 0.05) is 11.1 Å². The number of carbonyl (C=O) groups excluding carboxylic acids is 1. The van der Waals surface area contributed by atoms with E-state index in [1.54, 1.807) is 12.1 Å². The van der Waals surface area contributed by atoms with Crippen LogP contribution in [0.15, 0.2) is 71.8 Å². The van der Waals surface area contributed by atoms with Crippen molar-refractivity contribution in [1.82, 2.24) is 15.1 Å². The molecule has 1 aliphatic heterocycles. The summed E-state index contributed by atoms with van der Waals surface area (Å²) in [6, 6.07) is 20.3. The summed E-state index contributed by atoms with van der Waals surface area (Å²) in [7, 11) is 0. The standard InChI is InChI=1S/C23H23FN4OS/c24-20-8-6-19(7-9-20)21-10-11-22(26-25-21)30-17-23(29)28-14-12-27(13-15-28)16-18-4-2-1-3-5-18/h1-11H,12-17H2/p+1. The van der Waals surface area contributed by atoms with Gasteiger partial charge in [0.2, 0.25) is 5.91 Å². The largest absolute Gasteiger partial charge is 0.331 e. The van der Waals surface area contributed by atoms with Crippen molar-refractivity contribution in [2.24, 2.45) is 0 Å². The highest BCUT2D eigenvalue weighted by Crippen LogP contribution is 2.20. The Morgan fingerprint density at radius 2 is 1.70 bits per heavy atom. The number of hydrogen-bond acceptors (Lipinski definition) is 4. The smallest absolute Gasteiger partial charge is 0.233 e. The average Bonchev–Trinajstić information content (AvgIpc) is 2.80. The van der Waals surface area contributed by atoms with Crippen LogP contribution in [0.5, 0.6) is 0 Å². The number of benzene rings is 2. The van der Waals surface area contributed by atoms with Gasteiger partial charge in [-0.2, -0.15) is 0 Å². The Morgan fingerprint density at radius 1 is 0.967 bits per heavy atom. The van der Waals surface area contributed by atoms with E-state index < -0.39 is 0 Å². The number of nitrogens with one attached hydrogen (secondary N) is 1. The molecule has 0 aliphatic carbocycles. The molecule has 1 fully saturated rings. The van der Waals surface area contributed by atoms with Crippen LogP contribution in [0.2, 0.25) is 0 Å². The summed E-state index contributed by atoms with van der Waals surface area (Å²) in [5.74, 6) is 0.224. The number of piperazine rings is 1. The number of rotatable bonds is 6. The van der Waals surface area contributed by atoms with Crippen LogP contribution in [-0.2, 0) is 11.3 Å². The number of halogens is 1. The summed E-state index contributed by atoms with van der Waals surface area (Å²) in [5.41, 5.74) is 2.83. The SMILES string of the molecule is O=C(CSc1ccc(-c2ccc(F)cc2)nn1)N1CC[NH+](Cc2ccccc2)CC1. The zero-order valence-corrected chi connectivity index (χ0v) is 17.4. The Hall–Kier alpha value is -2.77. The molecule has 0 unspecified atom stereocenters. The van der Waals surface area contributed by atoms with Crippen LogP contribution in [0.25, 0.3) is 11.3 Å². The Kier molecular flexibility index (Phi) is 6.71. The molecule has 0 bridgehead atoms. The molecule has 154 valence electrons. The van der Waals surface area contributed by atoms with Crippen LogP contribution in [0.1, 0.15) is 5.56 Å². The molecule has 2 heterocycles. The highest BCUT2D eigenvalue weighted by molar-refractivity contribution is 7.99. The fourth-order valence-electron chi connectivity index (χ4n) is 3.53. The molecule has 1 N–H and O–H groups in total. The first-order valence-electron chi connectivity index (χ1n) is 10.0. The summed E-state index contributed by atoms with van der Waals surface area (Å²) >= 11 is 1.40. The maximum atomic E-state index is 13.0. The van der Waals surface area contributed by atoms with Crippen molar-refractivity contribution in [2.45, 2.75) is 11.6 Å². The monoisotopic (exact) mass is 423 g/mol. The molecule has 1 saturated heterocycles. The molecule has 7 heteroatoms. The van der Waals surface area contributed by atoms with E-state index in [9.17, 15) is 9.18 Å². The van der Waals surface area contributed by atoms with Gasteiger partial charge in [0.05, 0.1) is 37.6 Å². The van der Waals surface area contributed by atoms with Crippen molar-refractivity contribution >= 4 is 17.7 Å². The number of nitrogens with zero attached hydrogens (tertiary/aromatic N) is 3. The van der Waals surface area contributed by atoms with Gasteiger partial charge >= 0.3 is 0 Å².